The van der Waals surface area contributed by atoms with Gasteiger partial charge in [0.1, 0.15) is 18.1 Å². The molecule has 1 aliphatic carbocycles. The van der Waals surface area contributed by atoms with E-state index >= 15 is 0 Å². The highest BCUT2D eigenvalue weighted by Gasteiger charge is 2.31. The first-order valence-corrected chi connectivity index (χ1v) is 8.68. The standard InChI is InChI=1S/C19H27NO5/c1-14(19(22)24-3)13-20(18(21)15-5-4-6-15)11-12-25-17-9-7-16(23-2)8-10-17/h7-10,14-15H,4-6,11-13H2,1-3H3. The molecular formula is C19H27NO5. The summed E-state index contributed by atoms with van der Waals surface area (Å²) < 4.78 is 15.6. The molecular weight excluding hydrogens is 322 g/mol. The quantitative estimate of drug-likeness (QED) is 0.641. The average Bonchev–Trinajstić information content (AvgIpc) is 2.58. The second-order valence-electron chi connectivity index (χ2n) is 6.36. The number of ether oxygens (including phenoxy) is 3. The van der Waals surface area contributed by atoms with Gasteiger partial charge in [-0.25, -0.2) is 0 Å². The van der Waals surface area contributed by atoms with E-state index < -0.39 is 0 Å². The van der Waals surface area contributed by atoms with E-state index in [0.717, 1.165) is 30.8 Å². The summed E-state index contributed by atoms with van der Waals surface area (Å²) >= 11 is 0. The molecule has 25 heavy (non-hydrogen) atoms. The van der Waals surface area contributed by atoms with Gasteiger partial charge in [0.25, 0.3) is 0 Å². The van der Waals surface area contributed by atoms with Crippen LogP contribution >= 0.6 is 0 Å². The van der Waals surface area contributed by atoms with E-state index in [0.29, 0.717) is 19.7 Å². The Hall–Kier alpha value is -2.24. The highest BCUT2D eigenvalue weighted by Crippen LogP contribution is 2.28. The van der Waals surface area contributed by atoms with Crippen molar-refractivity contribution in [2.75, 3.05) is 33.9 Å². The summed E-state index contributed by atoms with van der Waals surface area (Å²) in [5.74, 6) is 1.03. The Morgan fingerprint density at radius 2 is 1.80 bits per heavy atom. The van der Waals surface area contributed by atoms with Gasteiger partial charge in [-0.3, -0.25) is 9.59 Å². The molecule has 1 atom stereocenters. The van der Waals surface area contributed by atoms with Gasteiger partial charge in [0.2, 0.25) is 5.91 Å². The molecule has 6 heteroatoms. The van der Waals surface area contributed by atoms with E-state index in [1.807, 2.05) is 24.3 Å². The Bertz CT molecular complexity index is 568. The van der Waals surface area contributed by atoms with E-state index in [-0.39, 0.29) is 23.7 Å². The zero-order valence-electron chi connectivity index (χ0n) is 15.2. The van der Waals surface area contributed by atoms with Crippen molar-refractivity contribution in [2.24, 2.45) is 11.8 Å². The second-order valence-corrected chi connectivity index (χ2v) is 6.36. The summed E-state index contributed by atoms with van der Waals surface area (Å²) in [5, 5.41) is 0. The number of hydrogen-bond acceptors (Lipinski definition) is 5. The van der Waals surface area contributed by atoms with Gasteiger partial charge in [0.05, 0.1) is 26.7 Å². The Balaban J connectivity index is 1.89. The van der Waals surface area contributed by atoms with Crippen molar-refractivity contribution in [1.29, 1.82) is 0 Å². The minimum Gasteiger partial charge on any atom is -0.497 e. The molecule has 1 amide bonds. The highest BCUT2D eigenvalue weighted by atomic mass is 16.5. The summed E-state index contributed by atoms with van der Waals surface area (Å²) in [4.78, 5) is 26.0. The smallest absolute Gasteiger partial charge is 0.310 e. The maximum atomic E-state index is 12.6. The fraction of sp³-hybridized carbons (Fsp3) is 0.579. The third-order valence-electron chi connectivity index (χ3n) is 4.55. The fourth-order valence-electron chi connectivity index (χ4n) is 2.76. The molecule has 0 bridgehead atoms. The van der Waals surface area contributed by atoms with Gasteiger partial charge < -0.3 is 19.1 Å². The fourth-order valence-corrected chi connectivity index (χ4v) is 2.76. The average molecular weight is 349 g/mol. The van der Waals surface area contributed by atoms with Crippen LogP contribution in [0.3, 0.4) is 0 Å². The first-order chi connectivity index (χ1) is 12.0. The Morgan fingerprint density at radius 3 is 2.32 bits per heavy atom. The van der Waals surface area contributed by atoms with Crippen LogP contribution in [0.2, 0.25) is 0 Å². The van der Waals surface area contributed by atoms with Gasteiger partial charge in [-0.15, -0.1) is 0 Å². The van der Waals surface area contributed by atoms with Crippen molar-refractivity contribution in [3.8, 4) is 11.5 Å². The van der Waals surface area contributed by atoms with Crippen molar-refractivity contribution in [3.63, 3.8) is 0 Å². The molecule has 138 valence electrons. The molecule has 1 saturated carbocycles. The normalized spacial score (nSPS) is 15.0. The summed E-state index contributed by atoms with van der Waals surface area (Å²) in [6.07, 6.45) is 2.96. The molecule has 1 aromatic carbocycles. The van der Waals surface area contributed by atoms with Gasteiger partial charge in [-0.05, 0) is 37.1 Å². The molecule has 1 fully saturated rings. The third-order valence-corrected chi connectivity index (χ3v) is 4.55. The summed E-state index contributed by atoms with van der Waals surface area (Å²) in [5.41, 5.74) is 0. The van der Waals surface area contributed by atoms with Gasteiger partial charge in [0, 0.05) is 12.5 Å². The van der Waals surface area contributed by atoms with Crippen molar-refractivity contribution in [2.45, 2.75) is 26.2 Å². The number of nitrogens with zero attached hydrogens (tertiary/aromatic N) is 1. The highest BCUT2D eigenvalue weighted by molar-refractivity contribution is 5.80. The van der Waals surface area contributed by atoms with E-state index in [9.17, 15) is 9.59 Å². The topological polar surface area (TPSA) is 65.1 Å². The van der Waals surface area contributed by atoms with Crippen LogP contribution in [0.4, 0.5) is 0 Å². The SMILES string of the molecule is COC(=O)C(C)CN(CCOc1ccc(OC)cc1)C(=O)C1CCC1. The number of carbonyl (C=O) groups is 2. The lowest BCUT2D eigenvalue weighted by Crippen LogP contribution is -2.44. The van der Waals surface area contributed by atoms with Gasteiger partial charge in [-0.1, -0.05) is 13.3 Å². The van der Waals surface area contributed by atoms with Crippen LogP contribution in [-0.4, -0.2) is 50.7 Å². The lowest BCUT2D eigenvalue weighted by atomic mass is 9.84. The first kappa shape index (κ1) is 19.1. The molecule has 1 aromatic rings. The predicted molar refractivity (Wildman–Crippen MR) is 93.6 cm³/mol. The number of esters is 1. The number of hydrogen-bond donors (Lipinski definition) is 0. The van der Waals surface area contributed by atoms with Crippen LogP contribution in [-0.2, 0) is 14.3 Å². The Morgan fingerprint density at radius 1 is 1.16 bits per heavy atom. The molecule has 0 radical (unpaired) electrons. The monoisotopic (exact) mass is 349 g/mol. The molecule has 0 spiro atoms. The molecule has 1 unspecified atom stereocenters. The van der Waals surface area contributed by atoms with Crippen LogP contribution in [0.25, 0.3) is 0 Å². The molecule has 0 aromatic heterocycles. The molecule has 6 nitrogen and oxygen atoms in total. The molecule has 1 aliphatic rings. The van der Waals surface area contributed by atoms with Crippen molar-refractivity contribution in [1.82, 2.24) is 4.90 Å². The van der Waals surface area contributed by atoms with Gasteiger partial charge >= 0.3 is 5.97 Å². The number of benzene rings is 1. The zero-order chi connectivity index (χ0) is 18.2. The molecule has 0 N–H and O–H groups in total. The van der Waals surface area contributed by atoms with Crippen LogP contribution in [0.5, 0.6) is 11.5 Å². The lowest BCUT2D eigenvalue weighted by Gasteiger charge is -2.32. The molecule has 0 saturated heterocycles. The molecule has 0 aliphatic heterocycles. The zero-order valence-corrected chi connectivity index (χ0v) is 15.2. The minimum atomic E-state index is -0.352. The Labute approximate surface area is 149 Å². The summed E-state index contributed by atoms with van der Waals surface area (Å²) in [6.45, 7) is 2.95. The first-order valence-electron chi connectivity index (χ1n) is 8.68. The molecule has 2 rings (SSSR count). The summed E-state index contributed by atoms with van der Waals surface area (Å²) in [6, 6.07) is 7.31. The van der Waals surface area contributed by atoms with Crippen LogP contribution in [0.1, 0.15) is 26.2 Å². The van der Waals surface area contributed by atoms with Crippen LogP contribution in [0.15, 0.2) is 24.3 Å². The maximum absolute atomic E-state index is 12.6. The van der Waals surface area contributed by atoms with E-state index in [1.165, 1.54) is 7.11 Å². The van der Waals surface area contributed by atoms with Crippen molar-refractivity contribution in [3.05, 3.63) is 24.3 Å². The lowest BCUT2D eigenvalue weighted by molar-refractivity contribution is -0.147. The van der Waals surface area contributed by atoms with E-state index in [1.54, 1.807) is 18.9 Å². The predicted octanol–water partition coefficient (Wildman–Crippen LogP) is 2.51. The largest absolute Gasteiger partial charge is 0.497 e. The number of carbonyl (C=O) groups excluding carboxylic acids is 2. The van der Waals surface area contributed by atoms with Crippen LogP contribution in [0, 0.1) is 11.8 Å². The third kappa shape index (κ3) is 5.37. The van der Waals surface area contributed by atoms with E-state index in [4.69, 9.17) is 14.2 Å². The molecule has 0 heterocycles. The number of amides is 1. The Kier molecular flexibility index (Phi) is 7.10. The van der Waals surface area contributed by atoms with Gasteiger partial charge in [0.15, 0.2) is 0 Å². The second kappa shape index (κ2) is 9.30. The number of methoxy groups -OCH3 is 2. The number of rotatable bonds is 9. The van der Waals surface area contributed by atoms with Crippen molar-refractivity contribution >= 4 is 11.9 Å². The minimum absolute atomic E-state index is 0.0887. The van der Waals surface area contributed by atoms with E-state index in [2.05, 4.69) is 0 Å². The summed E-state index contributed by atoms with van der Waals surface area (Å²) in [7, 11) is 2.98. The maximum Gasteiger partial charge on any atom is 0.310 e. The van der Waals surface area contributed by atoms with Gasteiger partial charge in [-0.2, -0.15) is 0 Å². The van der Waals surface area contributed by atoms with Crippen LogP contribution < -0.4 is 9.47 Å². The van der Waals surface area contributed by atoms with Crippen molar-refractivity contribution < 1.29 is 23.8 Å².